The number of rotatable bonds is 5. The number of amides is 2. The Balaban J connectivity index is 1.80. The smallest absolute Gasteiger partial charge is 0.335 e. The molecule has 0 spiro atoms. The number of carbonyl (C=O) groups excluding carboxylic acids is 1. The number of thioether (sulfide) groups is 1. The summed E-state index contributed by atoms with van der Waals surface area (Å²) in [7, 11) is 1.74. The topological polar surface area (TPSA) is 69.6 Å². The van der Waals surface area contributed by atoms with Gasteiger partial charge in [0.15, 0.2) is 0 Å². The van der Waals surface area contributed by atoms with E-state index in [4.69, 9.17) is 5.11 Å². The molecule has 2 rings (SSSR count). The number of aromatic carboxylic acids is 1. The van der Waals surface area contributed by atoms with Crippen LogP contribution in [-0.4, -0.2) is 46.6 Å². The SMILES string of the molecule is CN(Cc1ccc(C(=O)O)cc1)C(=O)NCC1CCCS1. The van der Waals surface area contributed by atoms with Crippen LogP contribution in [0.2, 0.25) is 0 Å². The van der Waals surface area contributed by atoms with E-state index in [1.165, 1.54) is 18.6 Å². The standard InChI is InChI=1S/C15H20N2O3S/c1-17(15(20)16-9-13-3-2-8-21-13)10-11-4-6-12(7-5-11)14(18)19/h4-7,13H,2-3,8-10H2,1H3,(H,16,20)(H,18,19). The largest absolute Gasteiger partial charge is 0.478 e. The second-order valence-corrected chi connectivity index (χ2v) is 6.59. The summed E-state index contributed by atoms with van der Waals surface area (Å²) in [5, 5.41) is 12.3. The lowest BCUT2D eigenvalue weighted by Crippen LogP contribution is -2.39. The molecule has 5 nitrogen and oxygen atoms in total. The summed E-state index contributed by atoms with van der Waals surface area (Å²) in [5.74, 6) is 0.244. The molecule has 1 saturated heterocycles. The predicted molar refractivity (Wildman–Crippen MR) is 83.7 cm³/mol. The highest BCUT2D eigenvalue weighted by Crippen LogP contribution is 2.25. The van der Waals surface area contributed by atoms with Crippen LogP contribution in [0.3, 0.4) is 0 Å². The molecule has 1 unspecified atom stereocenters. The molecular formula is C15H20N2O3S. The Kier molecular flexibility index (Phi) is 5.50. The van der Waals surface area contributed by atoms with Gasteiger partial charge in [-0.15, -0.1) is 0 Å². The van der Waals surface area contributed by atoms with Gasteiger partial charge in [-0.05, 0) is 36.3 Å². The maximum absolute atomic E-state index is 12.0. The van der Waals surface area contributed by atoms with Crippen LogP contribution in [0, 0.1) is 0 Å². The van der Waals surface area contributed by atoms with Crippen LogP contribution in [0.15, 0.2) is 24.3 Å². The van der Waals surface area contributed by atoms with Gasteiger partial charge in [-0.3, -0.25) is 0 Å². The van der Waals surface area contributed by atoms with E-state index in [9.17, 15) is 9.59 Å². The number of carbonyl (C=O) groups is 2. The second-order valence-electron chi connectivity index (χ2n) is 5.18. The summed E-state index contributed by atoms with van der Waals surface area (Å²) < 4.78 is 0. The molecule has 21 heavy (non-hydrogen) atoms. The third-order valence-corrected chi connectivity index (χ3v) is 4.87. The fraction of sp³-hybridized carbons (Fsp3) is 0.467. The van der Waals surface area contributed by atoms with Crippen molar-refractivity contribution in [3.05, 3.63) is 35.4 Å². The number of nitrogens with one attached hydrogen (secondary N) is 1. The number of urea groups is 1. The third-order valence-electron chi connectivity index (χ3n) is 3.47. The molecule has 1 aromatic rings. The number of nitrogens with zero attached hydrogens (tertiary/aromatic N) is 1. The van der Waals surface area contributed by atoms with Crippen LogP contribution in [0.5, 0.6) is 0 Å². The van der Waals surface area contributed by atoms with Crippen LogP contribution in [-0.2, 0) is 6.54 Å². The lowest BCUT2D eigenvalue weighted by molar-refractivity contribution is 0.0697. The zero-order chi connectivity index (χ0) is 15.2. The lowest BCUT2D eigenvalue weighted by atomic mass is 10.1. The van der Waals surface area contributed by atoms with Crippen molar-refractivity contribution < 1.29 is 14.7 Å². The van der Waals surface area contributed by atoms with Crippen molar-refractivity contribution in [2.45, 2.75) is 24.6 Å². The molecule has 1 aliphatic heterocycles. The molecule has 1 heterocycles. The molecule has 1 atom stereocenters. The maximum Gasteiger partial charge on any atom is 0.335 e. The summed E-state index contributed by atoms with van der Waals surface area (Å²) in [6, 6.07) is 6.49. The minimum Gasteiger partial charge on any atom is -0.478 e. The molecule has 2 amide bonds. The first-order chi connectivity index (χ1) is 10.1. The van der Waals surface area contributed by atoms with Gasteiger partial charge in [-0.25, -0.2) is 9.59 Å². The van der Waals surface area contributed by atoms with Gasteiger partial charge in [0, 0.05) is 25.4 Å². The van der Waals surface area contributed by atoms with Crippen molar-refractivity contribution in [3.8, 4) is 0 Å². The number of hydrogen-bond acceptors (Lipinski definition) is 3. The van der Waals surface area contributed by atoms with E-state index in [2.05, 4.69) is 5.32 Å². The summed E-state index contributed by atoms with van der Waals surface area (Å²) in [5.41, 5.74) is 1.16. The minimum absolute atomic E-state index is 0.0928. The number of carboxylic acids is 1. The highest BCUT2D eigenvalue weighted by atomic mass is 32.2. The molecule has 1 fully saturated rings. The van der Waals surface area contributed by atoms with E-state index in [1.807, 2.05) is 11.8 Å². The molecule has 1 aromatic carbocycles. The van der Waals surface area contributed by atoms with Crippen LogP contribution in [0.25, 0.3) is 0 Å². The highest BCUT2D eigenvalue weighted by molar-refractivity contribution is 8.00. The van der Waals surface area contributed by atoms with Crippen LogP contribution in [0.1, 0.15) is 28.8 Å². The Labute approximate surface area is 128 Å². The quantitative estimate of drug-likeness (QED) is 0.876. The van der Waals surface area contributed by atoms with Crippen molar-refractivity contribution in [2.24, 2.45) is 0 Å². The number of carboxylic acid groups (broad SMARTS) is 1. The molecule has 1 aliphatic rings. The fourth-order valence-corrected chi connectivity index (χ4v) is 3.44. The second kappa shape index (κ2) is 7.36. The fourth-order valence-electron chi connectivity index (χ4n) is 2.24. The van der Waals surface area contributed by atoms with E-state index < -0.39 is 5.97 Å². The zero-order valence-corrected chi connectivity index (χ0v) is 12.9. The lowest BCUT2D eigenvalue weighted by Gasteiger charge is -2.19. The summed E-state index contributed by atoms with van der Waals surface area (Å²) in [6.07, 6.45) is 2.41. The van der Waals surface area contributed by atoms with E-state index in [0.29, 0.717) is 18.3 Å². The Morgan fingerprint density at radius 2 is 2.10 bits per heavy atom. The first-order valence-electron chi connectivity index (χ1n) is 6.99. The molecule has 0 radical (unpaired) electrons. The van der Waals surface area contributed by atoms with Gasteiger partial charge in [0.1, 0.15) is 0 Å². The van der Waals surface area contributed by atoms with Crippen LogP contribution in [0.4, 0.5) is 4.79 Å². The zero-order valence-electron chi connectivity index (χ0n) is 12.0. The summed E-state index contributed by atoms with van der Waals surface area (Å²) in [6.45, 7) is 1.18. The first kappa shape index (κ1) is 15.7. The minimum atomic E-state index is -0.943. The van der Waals surface area contributed by atoms with Gasteiger partial charge in [0.2, 0.25) is 0 Å². The number of benzene rings is 1. The average Bonchev–Trinajstić information content (AvgIpc) is 2.98. The normalized spacial score (nSPS) is 17.5. The molecule has 6 heteroatoms. The van der Waals surface area contributed by atoms with Crippen LogP contribution >= 0.6 is 11.8 Å². The van der Waals surface area contributed by atoms with Crippen molar-refractivity contribution in [1.82, 2.24) is 10.2 Å². The molecule has 0 bridgehead atoms. The Morgan fingerprint density at radius 3 is 2.67 bits per heavy atom. The Hall–Kier alpha value is -1.69. The molecule has 0 aliphatic carbocycles. The van der Waals surface area contributed by atoms with Gasteiger partial charge in [0.25, 0.3) is 0 Å². The van der Waals surface area contributed by atoms with Crippen molar-refractivity contribution >= 4 is 23.8 Å². The third kappa shape index (κ3) is 4.67. The maximum atomic E-state index is 12.0. The molecule has 0 saturated carbocycles. The van der Waals surface area contributed by atoms with E-state index in [0.717, 1.165) is 5.56 Å². The number of hydrogen-bond donors (Lipinski definition) is 2. The van der Waals surface area contributed by atoms with Crippen molar-refractivity contribution in [1.29, 1.82) is 0 Å². The molecule has 0 aromatic heterocycles. The highest BCUT2D eigenvalue weighted by Gasteiger charge is 2.17. The molecule has 2 N–H and O–H groups in total. The predicted octanol–water partition coefficient (Wildman–Crippen LogP) is 2.42. The Morgan fingerprint density at radius 1 is 1.38 bits per heavy atom. The first-order valence-corrected chi connectivity index (χ1v) is 8.04. The average molecular weight is 308 g/mol. The van der Waals surface area contributed by atoms with Gasteiger partial charge in [-0.1, -0.05) is 12.1 Å². The van der Waals surface area contributed by atoms with Crippen molar-refractivity contribution in [2.75, 3.05) is 19.3 Å². The van der Waals surface area contributed by atoms with Crippen molar-refractivity contribution in [3.63, 3.8) is 0 Å². The van der Waals surface area contributed by atoms with Gasteiger partial charge >= 0.3 is 12.0 Å². The summed E-state index contributed by atoms with van der Waals surface area (Å²) >= 11 is 1.92. The van der Waals surface area contributed by atoms with Gasteiger partial charge in [-0.2, -0.15) is 11.8 Å². The van der Waals surface area contributed by atoms with E-state index >= 15 is 0 Å². The van der Waals surface area contributed by atoms with Gasteiger partial charge < -0.3 is 15.3 Å². The summed E-state index contributed by atoms with van der Waals surface area (Å²) in [4.78, 5) is 24.4. The molecule has 114 valence electrons. The van der Waals surface area contributed by atoms with E-state index in [1.54, 1.807) is 36.2 Å². The van der Waals surface area contributed by atoms with Crippen LogP contribution < -0.4 is 5.32 Å². The molecular weight excluding hydrogens is 288 g/mol. The van der Waals surface area contributed by atoms with Gasteiger partial charge in [0.05, 0.1) is 5.56 Å². The van der Waals surface area contributed by atoms with E-state index in [-0.39, 0.29) is 11.6 Å². The monoisotopic (exact) mass is 308 g/mol. The Bertz CT molecular complexity index is 498.